The van der Waals surface area contributed by atoms with Gasteiger partial charge in [-0.05, 0) is 35.6 Å². The number of fused-ring (bicyclic) bond motifs is 1. The molecule has 2 heterocycles. The predicted molar refractivity (Wildman–Crippen MR) is 115 cm³/mol. The molecule has 2 aliphatic heterocycles. The summed E-state index contributed by atoms with van der Waals surface area (Å²) in [6, 6.07) is 18.4. The van der Waals surface area contributed by atoms with Crippen molar-refractivity contribution < 1.29 is 4.79 Å². The molecule has 0 saturated heterocycles. The SMILES string of the molecule is CCC(NC1(Cc2ccccc2)C(=O)Nc2ccccc21)C1=CC=NCC1C. The molecule has 0 bridgehead atoms. The molecule has 3 atom stereocenters. The number of amides is 1. The highest BCUT2D eigenvalue weighted by Crippen LogP contribution is 2.39. The number of hydrogen-bond acceptors (Lipinski definition) is 3. The third-order valence-electron chi connectivity index (χ3n) is 5.89. The summed E-state index contributed by atoms with van der Waals surface area (Å²) in [5.41, 5.74) is 3.61. The van der Waals surface area contributed by atoms with Crippen LogP contribution < -0.4 is 10.6 Å². The molecule has 144 valence electrons. The standard InChI is InChI=1S/C24H27N3O/c1-3-21(19-13-14-25-16-17(19)2)27-24(15-18-9-5-4-6-10-18)20-11-7-8-12-22(20)26-23(24)28/h4-14,17,21,27H,3,15-16H2,1-2H3,(H,26,28). The Hall–Kier alpha value is -2.72. The normalized spacial score (nSPS) is 24.4. The van der Waals surface area contributed by atoms with Crippen molar-refractivity contribution >= 4 is 17.8 Å². The van der Waals surface area contributed by atoms with Crippen LogP contribution in [-0.4, -0.2) is 24.7 Å². The Morgan fingerprint density at radius 2 is 1.93 bits per heavy atom. The molecular weight excluding hydrogens is 346 g/mol. The van der Waals surface area contributed by atoms with Crippen LogP contribution in [0.25, 0.3) is 0 Å². The van der Waals surface area contributed by atoms with Crippen LogP contribution in [0.4, 0.5) is 5.69 Å². The Morgan fingerprint density at radius 3 is 2.68 bits per heavy atom. The van der Waals surface area contributed by atoms with E-state index >= 15 is 0 Å². The van der Waals surface area contributed by atoms with Crippen LogP contribution in [0, 0.1) is 5.92 Å². The monoisotopic (exact) mass is 373 g/mol. The van der Waals surface area contributed by atoms with Crippen molar-refractivity contribution in [3.05, 3.63) is 77.4 Å². The van der Waals surface area contributed by atoms with Crippen molar-refractivity contribution in [3.8, 4) is 0 Å². The molecule has 2 aromatic rings. The maximum atomic E-state index is 13.4. The predicted octanol–water partition coefficient (Wildman–Crippen LogP) is 4.09. The number of aliphatic imine (C=N–C) groups is 1. The molecule has 4 rings (SSSR count). The van der Waals surface area contributed by atoms with E-state index in [1.807, 2.05) is 42.6 Å². The fourth-order valence-electron chi connectivity index (χ4n) is 4.39. The van der Waals surface area contributed by atoms with Gasteiger partial charge in [0.2, 0.25) is 5.91 Å². The maximum Gasteiger partial charge on any atom is 0.249 e. The van der Waals surface area contributed by atoms with Crippen molar-refractivity contribution in [1.82, 2.24) is 5.32 Å². The van der Waals surface area contributed by atoms with Gasteiger partial charge in [0.15, 0.2) is 0 Å². The lowest BCUT2D eigenvalue weighted by atomic mass is 9.81. The van der Waals surface area contributed by atoms with E-state index in [2.05, 4.69) is 53.7 Å². The summed E-state index contributed by atoms with van der Waals surface area (Å²) >= 11 is 0. The Morgan fingerprint density at radius 1 is 1.18 bits per heavy atom. The second-order valence-electron chi connectivity index (χ2n) is 7.75. The number of dihydropyridines is 1. The number of hydrogen-bond donors (Lipinski definition) is 2. The number of anilines is 1. The van der Waals surface area contributed by atoms with E-state index in [0.29, 0.717) is 12.3 Å². The number of rotatable bonds is 6. The van der Waals surface area contributed by atoms with Crippen LogP contribution in [0.3, 0.4) is 0 Å². The number of carbonyl (C=O) groups is 1. The first-order chi connectivity index (χ1) is 13.6. The summed E-state index contributed by atoms with van der Waals surface area (Å²) in [4.78, 5) is 17.7. The Balaban J connectivity index is 1.77. The first-order valence-electron chi connectivity index (χ1n) is 10.1. The average Bonchev–Trinajstić information content (AvgIpc) is 2.99. The van der Waals surface area contributed by atoms with E-state index in [-0.39, 0.29) is 11.9 Å². The van der Waals surface area contributed by atoms with Gasteiger partial charge in [0.25, 0.3) is 0 Å². The van der Waals surface area contributed by atoms with Gasteiger partial charge in [-0.25, -0.2) is 0 Å². The molecule has 1 amide bonds. The largest absolute Gasteiger partial charge is 0.324 e. The Labute approximate surface area is 166 Å². The zero-order chi connectivity index (χ0) is 19.6. The quantitative estimate of drug-likeness (QED) is 0.801. The molecule has 0 radical (unpaired) electrons. The Kier molecular flexibility index (Phi) is 5.14. The van der Waals surface area contributed by atoms with E-state index < -0.39 is 5.54 Å². The molecule has 0 fully saturated rings. The van der Waals surface area contributed by atoms with Gasteiger partial charge in [-0.3, -0.25) is 15.1 Å². The summed E-state index contributed by atoms with van der Waals surface area (Å²) in [7, 11) is 0. The van der Waals surface area contributed by atoms with Gasteiger partial charge in [0.1, 0.15) is 5.54 Å². The lowest BCUT2D eigenvalue weighted by Gasteiger charge is -2.36. The number of carbonyl (C=O) groups excluding carboxylic acids is 1. The lowest BCUT2D eigenvalue weighted by Crippen LogP contribution is -2.55. The van der Waals surface area contributed by atoms with E-state index in [1.54, 1.807) is 0 Å². The van der Waals surface area contributed by atoms with Gasteiger partial charge in [-0.15, -0.1) is 0 Å². The third kappa shape index (κ3) is 3.29. The highest BCUT2D eigenvalue weighted by atomic mass is 16.2. The van der Waals surface area contributed by atoms with Crippen LogP contribution >= 0.6 is 0 Å². The van der Waals surface area contributed by atoms with E-state index in [4.69, 9.17) is 0 Å². The molecule has 0 spiro atoms. The summed E-state index contributed by atoms with van der Waals surface area (Å²) in [5, 5.41) is 6.90. The summed E-state index contributed by atoms with van der Waals surface area (Å²) in [6.45, 7) is 5.18. The molecule has 2 aromatic carbocycles. The number of para-hydroxylation sites is 1. The van der Waals surface area contributed by atoms with E-state index in [9.17, 15) is 4.79 Å². The number of allylic oxidation sites excluding steroid dienone is 1. The van der Waals surface area contributed by atoms with Gasteiger partial charge >= 0.3 is 0 Å². The van der Waals surface area contributed by atoms with Crippen LogP contribution in [0.5, 0.6) is 0 Å². The van der Waals surface area contributed by atoms with Gasteiger partial charge in [-0.1, -0.05) is 62.4 Å². The maximum absolute atomic E-state index is 13.4. The van der Waals surface area contributed by atoms with Crippen LogP contribution in [0.15, 0.2) is 71.2 Å². The summed E-state index contributed by atoms with van der Waals surface area (Å²) < 4.78 is 0. The third-order valence-corrected chi connectivity index (χ3v) is 5.89. The van der Waals surface area contributed by atoms with Gasteiger partial charge < -0.3 is 5.32 Å². The lowest BCUT2D eigenvalue weighted by molar-refractivity contribution is -0.122. The molecule has 0 aliphatic carbocycles. The minimum absolute atomic E-state index is 0.0220. The van der Waals surface area contributed by atoms with E-state index in [1.165, 1.54) is 5.57 Å². The minimum atomic E-state index is -0.784. The van der Waals surface area contributed by atoms with Gasteiger partial charge in [0, 0.05) is 36.5 Å². The molecule has 3 unspecified atom stereocenters. The smallest absolute Gasteiger partial charge is 0.249 e. The fraction of sp³-hybridized carbons (Fsp3) is 0.333. The highest BCUT2D eigenvalue weighted by Gasteiger charge is 2.48. The molecule has 28 heavy (non-hydrogen) atoms. The summed E-state index contributed by atoms with van der Waals surface area (Å²) in [6.07, 6.45) is 5.54. The van der Waals surface area contributed by atoms with Crippen LogP contribution in [0.1, 0.15) is 31.4 Å². The molecule has 4 nitrogen and oxygen atoms in total. The minimum Gasteiger partial charge on any atom is -0.324 e. The first-order valence-corrected chi connectivity index (χ1v) is 10.1. The molecular formula is C24H27N3O. The number of nitrogens with zero attached hydrogens (tertiary/aromatic N) is 1. The van der Waals surface area contributed by atoms with Crippen LogP contribution in [0.2, 0.25) is 0 Å². The van der Waals surface area contributed by atoms with Gasteiger partial charge in [-0.2, -0.15) is 0 Å². The molecule has 2 aliphatic rings. The average molecular weight is 374 g/mol. The zero-order valence-electron chi connectivity index (χ0n) is 16.5. The summed E-state index contributed by atoms with van der Waals surface area (Å²) in [5.74, 6) is 0.393. The fourth-order valence-corrected chi connectivity index (χ4v) is 4.39. The highest BCUT2D eigenvalue weighted by molar-refractivity contribution is 6.06. The number of nitrogens with one attached hydrogen (secondary N) is 2. The number of benzene rings is 2. The molecule has 0 saturated carbocycles. The van der Waals surface area contributed by atoms with Crippen molar-refractivity contribution in [2.24, 2.45) is 10.9 Å². The molecule has 0 aromatic heterocycles. The van der Waals surface area contributed by atoms with Crippen LogP contribution in [-0.2, 0) is 16.8 Å². The second-order valence-corrected chi connectivity index (χ2v) is 7.75. The molecule has 2 N–H and O–H groups in total. The Bertz CT molecular complexity index is 918. The molecule has 4 heteroatoms. The van der Waals surface area contributed by atoms with Crippen molar-refractivity contribution in [2.45, 2.75) is 38.3 Å². The zero-order valence-corrected chi connectivity index (χ0v) is 16.5. The van der Waals surface area contributed by atoms with Crippen molar-refractivity contribution in [2.75, 3.05) is 11.9 Å². The van der Waals surface area contributed by atoms with Gasteiger partial charge in [0.05, 0.1) is 0 Å². The first kappa shape index (κ1) is 18.6. The van der Waals surface area contributed by atoms with Crippen molar-refractivity contribution in [1.29, 1.82) is 0 Å². The van der Waals surface area contributed by atoms with E-state index in [0.717, 1.165) is 29.8 Å². The second kappa shape index (κ2) is 7.72. The van der Waals surface area contributed by atoms with Crippen molar-refractivity contribution in [3.63, 3.8) is 0 Å². The topological polar surface area (TPSA) is 53.5 Å².